The Kier molecular flexibility index (Phi) is 2.22. The van der Waals surface area contributed by atoms with Crippen LogP contribution < -0.4 is 0 Å². The van der Waals surface area contributed by atoms with E-state index >= 15 is 0 Å². The van der Waals surface area contributed by atoms with Crippen LogP contribution in [0.5, 0.6) is 0 Å². The van der Waals surface area contributed by atoms with Gasteiger partial charge in [-0.05, 0) is 0 Å². The van der Waals surface area contributed by atoms with Crippen LogP contribution in [0.25, 0.3) is 0 Å². The Balaban J connectivity index is 4.32. The van der Waals surface area contributed by atoms with Crippen LogP contribution in [0.4, 0.5) is 0 Å². The molecule has 0 amide bonds. The largest absolute Gasteiger partial charge is 0.515 e. The SMILES string of the molecule is C=[O+][Si](C)(C)C(C)(C)C. The Morgan fingerprint density at radius 2 is 1.56 bits per heavy atom. The minimum absolute atomic E-state index is 0.300. The van der Waals surface area contributed by atoms with E-state index < -0.39 is 8.32 Å². The van der Waals surface area contributed by atoms with Crippen LogP contribution >= 0.6 is 0 Å². The van der Waals surface area contributed by atoms with E-state index in [-0.39, 0.29) is 0 Å². The smallest absolute Gasteiger partial charge is 0.383 e. The Hall–Kier alpha value is -0.113. The second-order valence-electron chi connectivity index (χ2n) is 3.90. The first-order valence-corrected chi connectivity index (χ1v) is 6.15. The molecule has 0 aromatic carbocycles. The predicted octanol–water partition coefficient (Wildman–Crippen LogP) is 2.36. The van der Waals surface area contributed by atoms with E-state index in [4.69, 9.17) is 4.11 Å². The van der Waals surface area contributed by atoms with E-state index in [1.165, 1.54) is 0 Å². The highest BCUT2D eigenvalue weighted by Crippen LogP contribution is 2.34. The van der Waals surface area contributed by atoms with E-state index in [1.807, 2.05) is 0 Å². The molecule has 0 atom stereocenters. The highest BCUT2D eigenvalue weighted by atomic mass is 28.4. The molecule has 0 saturated heterocycles. The first-order chi connectivity index (χ1) is 3.81. The highest BCUT2D eigenvalue weighted by Gasteiger charge is 2.49. The average molecular weight is 145 g/mol. The summed E-state index contributed by atoms with van der Waals surface area (Å²) in [5.74, 6) is 0. The van der Waals surface area contributed by atoms with E-state index in [2.05, 4.69) is 40.7 Å². The Morgan fingerprint density at radius 1 is 1.22 bits per heavy atom. The normalized spacial score (nSPS) is 13.4. The molecule has 54 valence electrons. The molecule has 0 aliphatic carbocycles. The summed E-state index contributed by atoms with van der Waals surface area (Å²) in [5.41, 5.74) is 0. The van der Waals surface area contributed by atoms with Crippen molar-refractivity contribution in [3.63, 3.8) is 0 Å². The molecule has 0 spiro atoms. The maximum Gasteiger partial charge on any atom is 0.515 e. The molecule has 0 bridgehead atoms. The van der Waals surface area contributed by atoms with Crippen molar-refractivity contribution in [2.24, 2.45) is 0 Å². The quantitative estimate of drug-likeness (QED) is 0.396. The number of hydrogen-bond donors (Lipinski definition) is 0. The zero-order valence-corrected chi connectivity index (χ0v) is 8.12. The number of hydrogen-bond acceptors (Lipinski definition) is 0. The molecule has 0 aliphatic heterocycles. The lowest BCUT2D eigenvalue weighted by Gasteiger charge is -2.20. The van der Waals surface area contributed by atoms with Gasteiger partial charge >= 0.3 is 8.32 Å². The van der Waals surface area contributed by atoms with Gasteiger partial charge in [0.05, 0.1) is 0 Å². The van der Waals surface area contributed by atoms with Crippen LogP contribution in [-0.2, 0) is 4.11 Å². The third-order valence-corrected chi connectivity index (χ3v) is 6.50. The van der Waals surface area contributed by atoms with Crippen LogP contribution in [0, 0.1) is 0 Å². The van der Waals surface area contributed by atoms with E-state index in [1.54, 1.807) is 0 Å². The van der Waals surface area contributed by atoms with Gasteiger partial charge in [0.2, 0.25) is 6.79 Å². The predicted molar refractivity (Wildman–Crippen MR) is 44.3 cm³/mol. The maximum absolute atomic E-state index is 5.19. The van der Waals surface area contributed by atoms with Gasteiger partial charge in [0.25, 0.3) is 0 Å². The molecule has 0 heterocycles. The fourth-order valence-corrected chi connectivity index (χ4v) is 0.650. The van der Waals surface area contributed by atoms with Crippen molar-refractivity contribution in [2.45, 2.75) is 38.9 Å². The zero-order chi connectivity index (χ0) is 7.71. The molecular weight excluding hydrogens is 128 g/mol. The van der Waals surface area contributed by atoms with Crippen LogP contribution in [-0.4, -0.2) is 15.1 Å². The summed E-state index contributed by atoms with van der Waals surface area (Å²) in [7, 11) is -1.49. The van der Waals surface area contributed by atoms with Gasteiger partial charge in [0.15, 0.2) is 0 Å². The fourth-order valence-electron chi connectivity index (χ4n) is 0.217. The number of carbonyl (C=O) groups excluding carboxylic acids is 1. The first-order valence-electron chi connectivity index (χ1n) is 3.24. The zero-order valence-electron chi connectivity index (χ0n) is 7.12. The van der Waals surface area contributed by atoms with Gasteiger partial charge in [-0.1, -0.05) is 20.8 Å². The molecule has 0 saturated carbocycles. The van der Waals surface area contributed by atoms with Crippen molar-refractivity contribution in [2.75, 3.05) is 0 Å². The van der Waals surface area contributed by atoms with E-state index in [0.29, 0.717) is 5.04 Å². The summed E-state index contributed by atoms with van der Waals surface area (Å²) in [6, 6.07) is 0. The molecule has 0 aromatic heterocycles. The van der Waals surface area contributed by atoms with Crippen LogP contribution in [0.15, 0.2) is 0 Å². The topological polar surface area (TPSA) is 11.3 Å². The molecule has 9 heavy (non-hydrogen) atoms. The monoisotopic (exact) mass is 145 g/mol. The number of rotatable bonds is 1. The first kappa shape index (κ1) is 8.89. The second kappa shape index (κ2) is 2.25. The molecule has 0 aliphatic rings. The van der Waals surface area contributed by atoms with Crippen molar-refractivity contribution in [1.82, 2.24) is 0 Å². The molecule has 0 N–H and O–H groups in total. The Labute approximate surface area is 58.9 Å². The molecule has 2 heteroatoms. The van der Waals surface area contributed by atoms with Gasteiger partial charge in [-0.25, -0.2) is 0 Å². The summed E-state index contributed by atoms with van der Waals surface area (Å²) in [4.78, 5) is 0. The molecule has 1 nitrogen and oxygen atoms in total. The molecule has 0 rings (SSSR count). The van der Waals surface area contributed by atoms with Crippen molar-refractivity contribution in [3.8, 4) is 0 Å². The Morgan fingerprint density at radius 3 is 1.56 bits per heavy atom. The summed E-state index contributed by atoms with van der Waals surface area (Å²) in [6.45, 7) is 14.4. The van der Waals surface area contributed by atoms with Gasteiger partial charge in [0.1, 0.15) is 0 Å². The van der Waals surface area contributed by atoms with Gasteiger partial charge in [0, 0.05) is 18.1 Å². The summed E-state index contributed by atoms with van der Waals surface area (Å²) >= 11 is 0. The van der Waals surface area contributed by atoms with Crippen molar-refractivity contribution < 1.29 is 4.11 Å². The van der Waals surface area contributed by atoms with Crippen LogP contribution in [0.1, 0.15) is 20.8 Å². The molecule has 0 aromatic rings. The molecular formula is C7H17OSi+. The lowest BCUT2D eigenvalue weighted by Crippen LogP contribution is -2.37. The second-order valence-corrected chi connectivity index (χ2v) is 8.71. The van der Waals surface area contributed by atoms with Crippen molar-refractivity contribution in [3.05, 3.63) is 0 Å². The minimum Gasteiger partial charge on any atom is -0.383 e. The van der Waals surface area contributed by atoms with E-state index in [0.717, 1.165) is 0 Å². The van der Waals surface area contributed by atoms with Gasteiger partial charge in [-0.3, -0.25) is 0 Å². The lowest BCUT2D eigenvalue weighted by molar-refractivity contribution is -0.299. The molecule has 0 unspecified atom stereocenters. The van der Waals surface area contributed by atoms with Gasteiger partial charge < -0.3 is 4.11 Å². The third-order valence-electron chi connectivity index (χ3n) is 2.17. The van der Waals surface area contributed by atoms with Crippen LogP contribution in [0.2, 0.25) is 18.1 Å². The minimum atomic E-state index is -1.49. The summed E-state index contributed by atoms with van der Waals surface area (Å²) in [5, 5.41) is 0.300. The Bertz CT molecular complexity index is 111. The van der Waals surface area contributed by atoms with E-state index in [9.17, 15) is 0 Å². The van der Waals surface area contributed by atoms with Crippen molar-refractivity contribution in [1.29, 1.82) is 0 Å². The van der Waals surface area contributed by atoms with Gasteiger partial charge in [-0.15, -0.1) is 0 Å². The fraction of sp³-hybridized carbons (Fsp3) is 0.857. The maximum atomic E-state index is 5.19. The highest BCUT2D eigenvalue weighted by molar-refractivity contribution is 6.71. The molecule has 0 radical (unpaired) electrons. The lowest BCUT2D eigenvalue weighted by atomic mass is 10.2. The van der Waals surface area contributed by atoms with Crippen LogP contribution in [0.3, 0.4) is 0 Å². The summed E-state index contributed by atoms with van der Waals surface area (Å²) < 4.78 is 5.19. The summed E-state index contributed by atoms with van der Waals surface area (Å²) in [6.07, 6.45) is 0. The van der Waals surface area contributed by atoms with Crippen molar-refractivity contribution >= 4 is 15.1 Å². The van der Waals surface area contributed by atoms with Gasteiger partial charge in [-0.2, -0.15) is 0 Å². The average Bonchev–Trinajstić information content (AvgIpc) is 1.64. The molecule has 0 fully saturated rings. The standard InChI is InChI=1S/C7H17OSi/c1-7(2,3)9(5,6)8-4/h4H2,1-3,5-6H3/q+1. The third kappa shape index (κ3) is 1.93.